The summed E-state index contributed by atoms with van der Waals surface area (Å²) in [7, 11) is 0. The Balaban J connectivity index is 2.05. The number of anilines is 1. The lowest BCUT2D eigenvalue weighted by Gasteiger charge is -2.15. The van der Waals surface area contributed by atoms with Gasteiger partial charge in [0.05, 0.1) is 23.6 Å². The largest absolute Gasteiger partial charge is 0.455 e. The van der Waals surface area contributed by atoms with Crippen LogP contribution >= 0.6 is 0 Å². The van der Waals surface area contributed by atoms with Crippen molar-refractivity contribution < 1.29 is 9.21 Å². The second-order valence-corrected chi connectivity index (χ2v) is 4.99. The lowest BCUT2D eigenvalue weighted by Crippen LogP contribution is -2.21. The molecule has 0 unspecified atom stereocenters. The molecule has 0 aliphatic heterocycles. The fraction of sp³-hybridized carbons (Fsp3) is 0.467. The van der Waals surface area contributed by atoms with Gasteiger partial charge in [0.15, 0.2) is 5.76 Å². The summed E-state index contributed by atoms with van der Waals surface area (Å²) in [5.41, 5.74) is 2.30. The van der Waals surface area contributed by atoms with Crippen molar-refractivity contribution in [2.75, 3.05) is 18.4 Å². The van der Waals surface area contributed by atoms with Gasteiger partial charge in [0, 0.05) is 0 Å². The molecule has 6 heteroatoms. The van der Waals surface area contributed by atoms with Crippen molar-refractivity contribution in [1.29, 1.82) is 0 Å². The Bertz CT molecular complexity index is 591. The monoisotopic (exact) mass is 290 g/mol. The molecule has 21 heavy (non-hydrogen) atoms. The van der Waals surface area contributed by atoms with E-state index in [1.165, 1.54) is 0 Å². The molecule has 0 saturated heterocycles. The molecule has 0 fully saturated rings. The third-order valence-electron chi connectivity index (χ3n) is 3.53. The molecular formula is C15H22N4O2. The summed E-state index contributed by atoms with van der Waals surface area (Å²) in [4.78, 5) is 14.4. The maximum atomic E-state index is 12.2. The van der Waals surface area contributed by atoms with Crippen LogP contribution < -0.4 is 5.32 Å². The average Bonchev–Trinajstić information content (AvgIpc) is 3.06. The first-order chi connectivity index (χ1) is 10.0. The smallest absolute Gasteiger partial charge is 0.291 e. The molecule has 6 nitrogen and oxygen atoms in total. The van der Waals surface area contributed by atoms with E-state index in [0.29, 0.717) is 18.0 Å². The summed E-state index contributed by atoms with van der Waals surface area (Å²) < 4.78 is 5.62. The van der Waals surface area contributed by atoms with Crippen LogP contribution in [0.1, 0.15) is 41.6 Å². The molecule has 2 aromatic heterocycles. The van der Waals surface area contributed by atoms with Crippen LogP contribution in [0, 0.1) is 13.8 Å². The van der Waals surface area contributed by atoms with Gasteiger partial charge in [-0.2, -0.15) is 5.10 Å². The number of carbonyl (C=O) groups excluding carboxylic acids is 1. The van der Waals surface area contributed by atoms with Gasteiger partial charge in [0.25, 0.3) is 5.91 Å². The van der Waals surface area contributed by atoms with Crippen LogP contribution in [0.25, 0.3) is 0 Å². The van der Waals surface area contributed by atoms with E-state index in [-0.39, 0.29) is 5.91 Å². The Kier molecular flexibility index (Phi) is 4.80. The predicted octanol–water partition coefficient (Wildman–Crippen LogP) is 2.71. The van der Waals surface area contributed by atoms with E-state index in [0.717, 1.165) is 30.2 Å². The molecule has 2 rings (SSSR count). The van der Waals surface area contributed by atoms with E-state index < -0.39 is 0 Å². The summed E-state index contributed by atoms with van der Waals surface area (Å²) in [6, 6.07) is 3.56. The van der Waals surface area contributed by atoms with E-state index in [9.17, 15) is 4.79 Å². The molecule has 0 aliphatic carbocycles. The molecule has 0 spiro atoms. The standard InChI is InChI=1S/C15H22N4O2/c1-5-19(6-2)9-12-7-8-13(21-12)15(20)16-14-10(3)17-18-11(14)4/h7-8H,5-6,9H2,1-4H3,(H,16,20)(H,17,18). The highest BCUT2D eigenvalue weighted by Crippen LogP contribution is 2.18. The molecule has 2 heterocycles. The minimum Gasteiger partial charge on any atom is -0.455 e. The first-order valence-electron chi connectivity index (χ1n) is 7.19. The molecule has 0 bridgehead atoms. The Morgan fingerprint density at radius 1 is 1.33 bits per heavy atom. The van der Waals surface area contributed by atoms with E-state index in [2.05, 4.69) is 34.3 Å². The number of aryl methyl sites for hydroxylation is 2. The van der Waals surface area contributed by atoms with Gasteiger partial charge in [-0.15, -0.1) is 0 Å². The lowest BCUT2D eigenvalue weighted by atomic mass is 10.3. The predicted molar refractivity (Wildman–Crippen MR) is 81.3 cm³/mol. The van der Waals surface area contributed by atoms with Crippen LogP contribution in [-0.2, 0) is 6.54 Å². The lowest BCUT2D eigenvalue weighted by molar-refractivity contribution is 0.0993. The number of amides is 1. The number of furan rings is 1. The minimum atomic E-state index is -0.256. The first kappa shape index (κ1) is 15.3. The zero-order valence-corrected chi connectivity index (χ0v) is 13.0. The van der Waals surface area contributed by atoms with Crippen molar-refractivity contribution in [3.8, 4) is 0 Å². The summed E-state index contributed by atoms with van der Waals surface area (Å²) in [5, 5.41) is 9.72. The average molecular weight is 290 g/mol. The molecule has 114 valence electrons. The van der Waals surface area contributed by atoms with Crippen molar-refractivity contribution in [2.45, 2.75) is 34.2 Å². The molecule has 2 aromatic rings. The Labute approximate surface area is 124 Å². The van der Waals surface area contributed by atoms with Gasteiger partial charge >= 0.3 is 0 Å². The quantitative estimate of drug-likeness (QED) is 0.858. The molecule has 0 saturated carbocycles. The molecular weight excluding hydrogens is 268 g/mol. The molecule has 0 aromatic carbocycles. The van der Waals surface area contributed by atoms with Gasteiger partial charge in [0.2, 0.25) is 0 Å². The number of carbonyl (C=O) groups is 1. The second kappa shape index (κ2) is 6.58. The zero-order valence-electron chi connectivity index (χ0n) is 13.0. The van der Waals surface area contributed by atoms with Crippen LogP contribution in [0.3, 0.4) is 0 Å². The third-order valence-corrected chi connectivity index (χ3v) is 3.53. The number of nitrogens with zero attached hydrogens (tertiary/aromatic N) is 2. The second-order valence-electron chi connectivity index (χ2n) is 4.99. The molecule has 1 amide bonds. The number of aromatic amines is 1. The van der Waals surface area contributed by atoms with Crippen molar-refractivity contribution in [3.63, 3.8) is 0 Å². The SMILES string of the molecule is CCN(CC)Cc1ccc(C(=O)Nc2c(C)n[nH]c2C)o1. The number of hydrogen-bond acceptors (Lipinski definition) is 4. The fourth-order valence-corrected chi connectivity index (χ4v) is 2.16. The first-order valence-corrected chi connectivity index (χ1v) is 7.19. The van der Waals surface area contributed by atoms with Gasteiger partial charge in [-0.05, 0) is 39.1 Å². The minimum absolute atomic E-state index is 0.256. The Morgan fingerprint density at radius 3 is 2.62 bits per heavy atom. The molecule has 0 aliphatic rings. The normalized spacial score (nSPS) is 11.1. The number of H-pyrrole nitrogens is 1. The van der Waals surface area contributed by atoms with Gasteiger partial charge in [0.1, 0.15) is 5.76 Å². The van der Waals surface area contributed by atoms with Crippen LogP contribution in [0.5, 0.6) is 0 Å². The maximum absolute atomic E-state index is 12.2. The molecule has 0 atom stereocenters. The number of hydrogen-bond donors (Lipinski definition) is 2. The van der Waals surface area contributed by atoms with Gasteiger partial charge in [-0.25, -0.2) is 0 Å². The van der Waals surface area contributed by atoms with E-state index in [4.69, 9.17) is 4.42 Å². The zero-order chi connectivity index (χ0) is 15.4. The van der Waals surface area contributed by atoms with Gasteiger partial charge in [-0.1, -0.05) is 13.8 Å². The summed E-state index contributed by atoms with van der Waals surface area (Å²) in [6.07, 6.45) is 0. The van der Waals surface area contributed by atoms with Gasteiger partial charge in [-0.3, -0.25) is 14.8 Å². The van der Waals surface area contributed by atoms with Crippen molar-refractivity contribution in [2.24, 2.45) is 0 Å². The van der Waals surface area contributed by atoms with Crippen molar-refractivity contribution >= 4 is 11.6 Å². The number of aromatic nitrogens is 2. The molecule has 2 N–H and O–H groups in total. The van der Waals surface area contributed by atoms with E-state index >= 15 is 0 Å². The fourth-order valence-electron chi connectivity index (χ4n) is 2.16. The highest BCUT2D eigenvalue weighted by molar-refractivity contribution is 6.02. The Hall–Kier alpha value is -2.08. The van der Waals surface area contributed by atoms with E-state index in [1.54, 1.807) is 6.07 Å². The van der Waals surface area contributed by atoms with Crippen LogP contribution in [0.4, 0.5) is 5.69 Å². The highest BCUT2D eigenvalue weighted by atomic mass is 16.4. The van der Waals surface area contributed by atoms with Crippen LogP contribution in [0.2, 0.25) is 0 Å². The summed E-state index contributed by atoms with van der Waals surface area (Å²) in [6.45, 7) is 10.5. The van der Waals surface area contributed by atoms with Crippen molar-refractivity contribution in [3.05, 3.63) is 35.0 Å². The third kappa shape index (κ3) is 3.52. The molecule has 0 radical (unpaired) electrons. The van der Waals surface area contributed by atoms with Crippen LogP contribution in [0.15, 0.2) is 16.5 Å². The number of nitrogens with one attached hydrogen (secondary N) is 2. The van der Waals surface area contributed by atoms with E-state index in [1.807, 2.05) is 19.9 Å². The Morgan fingerprint density at radius 2 is 2.05 bits per heavy atom. The number of rotatable bonds is 6. The van der Waals surface area contributed by atoms with Crippen molar-refractivity contribution in [1.82, 2.24) is 15.1 Å². The topological polar surface area (TPSA) is 74.2 Å². The maximum Gasteiger partial charge on any atom is 0.291 e. The highest BCUT2D eigenvalue weighted by Gasteiger charge is 2.16. The summed E-state index contributed by atoms with van der Waals surface area (Å²) >= 11 is 0. The summed E-state index contributed by atoms with van der Waals surface area (Å²) in [5.74, 6) is 0.857. The van der Waals surface area contributed by atoms with Gasteiger partial charge < -0.3 is 9.73 Å². The van der Waals surface area contributed by atoms with Crippen LogP contribution in [-0.4, -0.2) is 34.1 Å².